The van der Waals surface area contributed by atoms with E-state index in [2.05, 4.69) is 27.7 Å². The normalized spacial score (nSPS) is 11.2. The van der Waals surface area contributed by atoms with Crippen LogP contribution in [-0.4, -0.2) is 48.4 Å². The Morgan fingerprint density at radius 3 is 0.667 bits per heavy atom. The minimum atomic E-state index is 0. The third-order valence-electron chi connectivity index (χ3n) is 7.94. The van der Waals surface area contributed by atoms with Crippen LogP contribution in [0.4, 0.5) is 0 Å². The lowest BCUT2D eigenvalue weighted by atomic mass is 10.0. The second-order valence-electron chi connectivity index (χ2n) is 11.3. The van der Waals surface area contributed by atoms with Gasteiger partial charge in [-0.3, -0.25) is 0 Å². The summed E-state index contributed by atoms with van der Waals surface area (Å²) in [5, 5.41) is 7.00. The van der Waals surface area contributed by atoms with Gasteiger partial charge >= 0.3 is 0 Å². The van der Waals surface area contributed by atoms with Crippen molar-refractivity contribution in [2.24, 2.45) is 0 Å². The Bertz CT molecular complexity index is 292. The minimum absolute atomic E-state index is 0. The van der Waals surface area contributed by atoms with E-state index in [1.54, 1.807) is 0 Å². The van der Waals surface area contributed by atoms with Gasteiger partial charge in [0, 0.05) is 7.11 Å². The molecule has 0 saturated heterocycles. The molecule has 0 radical (unpaired) electrons. The highest BCUT2D eigenvalue weighted by Gasteiger charge is 2.25. The highest BCUT2D eigenvalue weighted by atomic mass is 16.2. The van der Waals surface area contributed by atoms with E-state index in [0.29, 0.717) is 0 Å². The van der Waals surface area contributed by atoms with Gasteiger partial charge in [0.15, 0.2) is 0 Å². The third-order valence-corrected chi connectivity index (χ3v) is 7.94. The van der Waals surface area contributed by atoms with E-state index < -0.39 is 0 Å². The molecule has 0 fully saturated rings. The van der Waals surface area contributed by atoms with Gasteiger partial charge in [-0.2, -0.15) is 0 Å². The van der Waals surface area contributed by atoms with Gasteiger partial charge in [0.1, 0.15) is 0 Å². The summed E-state index contributed by atoms with van der Waals surface area (Å²) in [4.78, 5) is 0. The molecule has 0 saturated carbocycles. The molecule has 0 aliphatic carbocycles. The van der Waals surface area contributed by atoms with Crippen LogP contribution in [0.25, 0.3) is 0 Å². The number of hydrogen-bond donors (Lipinski definition) is 1. The van der Waals surface area contributed by atoms with Gasteiger partial charge < -0.3 is 15.1 Å². The second kappa shape index (κ2) is 34.9. The van der Waals surface area contributed by atoms with E-state index in [1.165, 1.54) is 185 Å². The van der Waals surface area contributed by atoms with Crippen molar-refractivity contribution in [2.75, 3.05) is 33.3 Å². The minimum Gasteiger partial charge on any atom is -0.870 e. The first-order valence-corrected chi connectivity index (χ1v) is 16.5. The molecular weight excluding hydrogens is 442 g/mol. The predicted molar refractivity (Wildman–Crippen MR) is 163 cm³/mol. The molecule has 0 spiro atoms. The molecule has 3 heteroatoms. The molecule has 0 unspecified atom stereocenters. The van der Waals surface area contributed by atoms with Crippen molar-refractivity contribution in [1.29, 1.82) is 0 Å². The Hall–Kier alpha value is -0.120. The number of aliphatic hydroxyl groups excluding tert-OH is 1. The standard InChI is InChI=1S/C32H68N.CH4O.H2O/c1-5-9-13-17-21-25-29-33(30-26-22-18-14-10-6-2,31-27-23-19-15-11-7-3)32-28-24-20-16-12-8-4;1-2;/h5-32H2,1-4H3;2H,1H3;1H2/q+1;;/p-1. The summed E-state index contributed by atoms with van der Waals surface area (Å²) in [7, 11) is 1.00. The maximum Gasteiger partial charge on any atom is 0.0786 e. The van der Waals surface area contributed by atoms with Crippen molar-refractivity contribution in [3.8, 4) is 0 Å². The first-order valence-electron chi connectivity index (χ1n) is 16.5. The molecular formula is C33H73NO2. The van der Waals surface area contributed by atoms with Crippen LogP contribution >= 0.6 is 0 Å². The van der Waals surface area contributed by atoms with E-state index in [0.717, 1.165) is 7.11 Å². The SMILES string of the molecule is CCCCCCCC[N+](CCCCCCCC)(CCCCCCCC)CCCCCCCC.CO.[OH-]. The molecule has 0 aromatic rings. The monoisotopic (exact) mass is 516 g/mol. The van der Waals surface area contributed by atoms with E-state index in [1.807, 2.05) is 0 Å². The van der Waals surface area contributed by atoms with Crippen molar-refractivity contribution < 1.29 is 15.1 Å². The zero-order valence-corrected chi connectivity index (χ0v) is 26.1. The van der Waals surface area contributed by atoms with Gasteiger partial charge in [0.05, 0.1) is 26.2 Å². The summed E-state index contributed by atoms with van der Waals surface area (Å²) < 4.78 is 1.48. The smallest absolute Gasteiger partial charge is 0.0786 e. The van der Waals surface area contributed by atoms with Crippen LogP contribution in [0.3, 0.4) is 0 Å². The summed E-state index contributed by atoms with van der Waals surface area (Å²) in [6.07, 6.45) is 34.8. The average molecular weight is 516 g/mol. The second-order valence-corrected chi connectivity index (χ2v) is 11.3. The topological polar surface area (TPSA) is 50.2 Å². The predicted octanol–water partition coefficient (Wildman–Crippen LogP) is 10.7. The zero-order valence-electron chi connectivity index (χ0n) is 26.1. The van der Waals surface area contributed by atoms with Crippen molar-refractivity contribution in [3.63, 3.8) is 0 Å². The fourth-order valence-electron chi connectivity index (χ4n) is 5.58. The third kappa shape index (κ3) is 28.5. The molecule has 36 heavy (non-hydrogen) atoms. The van der Waals surface area contributed by atoms with Crippen molar-refractivity contribution in [1.82, 2.24) is 0 Å². The molecule has 2 N–H and O–H groups in total. The first kappa shape index (κ1) is 40.4. The summed E-state index contributed by atoms with van der Waals surface area (Å²) in [5.41, 5.74) is 0. The molecule has 0 bridgehead atoms. The number of nitrogens with zero attached hydrogens (tertiary/aromatic N) is 1. The number of unbranched alkanes of at least 4 members (excludes halogenated alkanes) is 20. The number of hydrogen-bond acceptors (Lipinski definition) is 2. The van der Waals surface area contributed by atoms with E-state index >= 15 is 0 Å². The van der Waals surface area contributed by atoms with Crippen LogP contribution in [0.15, 0.2) is 0 Å². The van der Waals surface area contributed by atoms with Crippen LogP contribution in [0.2, 0.25) is 0 Å². The quantitative estimate of drug-likeness (QED) is 0.0831. The van der Waals surface area contributed by atoms with E-state index in [4.69, 9.17) is 5.11 Å². The maximum absolute atomic E-state index is 7.00. The molecule has 0 aromatic heterocycles. The lowest BCUT2D eigenvalue weighted by Crippen LogP contribution is -2.50. The average Bonchev–Trinajstić information content (AvgIpc) is 2.88. The van der Waals surface area contributed by atoms with Crippen LogP contribution in [0, 0.1) is 0 Å². The molecule has 3 nitrogen and oxygen atoms in total. The van der Waals surface area contributed by atoms with Gasteiger partial charge in [-0.25, -0.2) is 0 Å². The van der Waals surface area contributed by atoms with Gasteiger partial charge in [-0.15, -0.1) is 0 Å². The lowest BCUT2D eigenvalue weighted by molar-refractivity contribution is -0.929. The Morgan fingerprint density at radius 2 is 0.472 bits per heavy atom. The molecule has 0 amide bonds. The van der Waals surface area contributed by atoms with Crippen molar-refractivity contribution in [2.45, 2.75) is 182 Å². The fraction of sp³-hybridized carbons (Fsp3) is 1.00. The van der Waals surface area contributed by atoms with E-state index in [9.17, 15) is 0 Å². The molecule has 0 aliphatic rings. The molecule has 0 heterocycles. The van der Waals surface area contributed by atoms with Gasteiger partial charge in [-0.1, -0.05) is 130 Å². The maximum atomic E-state index is 7.00. The Labute approximate surface area is 230 Å². The van der Waals surface area contributed by atoms with Crippen LogP contribution in [-0.2, 0) is 0 Å². The van der Waals surface area contributed by atoms with Crippen molar-refractivity contribution >= 4 is 0 Å². The largest absolute Gasteiger partial charge is 0.870 e. The van der Waals surface area contributed by atoms with Crippen molar-refractivity contribution in [3.05, 3.63) is 0 Å². The summed E-state index contributed by atoms with van der Waals surface area (Å²) in [6.45, 7) is 15.3. The van der Waals surface area contributed by atoms with Crippen LogP contribution < -0.4 is 0 Å². The lowest BCUT2D eigenvalue weighted by Gasteiger charge is -2.40. The number of aliphatic hydroxyl groups is 1. The van der Waals surface area contributed by atoms with Gasteiger partial charge in [-0.05, 0) is 51.4 Å². The van der Waals surface area contributed by atoms with Gasteiger partial charge in [0.25, 0.3) is 0 Å². The molecule has 0 aromatic carbocycles. The molecule has 222 valence electrons. The zero-order chi connectivity index (χ0) is 26.3. The highest BCUT2D eigenvalue weighted by molar-refractivity contribution is 4.55. The summed E-state index contributed by atoms with van der Waals surface area (Å²) in [5.74, 6) is 0. The first-order chi connectivity index (χ1) is 17.2. The summed E-state index contributed by atoms with van der Waals surface area (Å²) >= 11 is 0. The van der Waals surface area contributed by atoms with E-state index in [-0.39, 0.29) is 5.48 Å². The number of quaternary nitrogens is 1. The Kier molecular flexibility index (Phi) is 39.1. The molecule has 0 aliphatic heterocycles. The highest BCUT2D eigenvalue weighted by Crippen LogP contribution is 2.20. The van der Waals surface area contributed by atoms with Gasteiger partial charge in [0.2, 0.25) is 0 Å². The molecule has 0 rings (SSSR count). The molecule has 0 atom stereocenters. The van der Waals surface area contributed by atoms with Crippen LogP contribution in [0.1, 0.15) is 182 Å². The Balaban J connectivity index is -0.00000353. The van der Waals surface area contributed by atoms with Crippen LogP contribution in [0.5, 0.6) is 0 Å². The number of rotatable bonds is 28. The fourth-order valence-corrected chi connectivity index (χ4v) is 5.58. The Morgan fingerprint density at radius 1 is 0.306 bits per heavy atom. The summed E-state index contributed by atoms with van der Waals surface area (Å²) in [6, 6.07) is 0.